The molecule has 1 fully saturated rings. The Kier molecular flexibility index (Phi) is 6.77. The predicted octanol–water partition coefficient (Wildman–Crippen LogP) is 2.54. The van der Waals surface area contributed by atoms with Crippen molar-refractivity contribution in [2.75, 3.05) is 12.8 Å². The normalized spacial score (nSPS) is 19.5. The molecule has 1 saturated carbocycles. The van der Waals surface area contributed by atoms with Gasteiger partial charge in [-0.1, -0.05) is 18.7 Å². The SMILES string of the molecule is CC1CCC(N(C)C(=O)CSc2nnc(-c3ccco3)n2CCC(N)=O)CC1. The molecule has 1 aliphatic rings. The van der Waals surface area contributed by atoms with Crippen molar-refractivity contribution in [1.29, 1.82) is 0 Å². The molecule has 0 aromatic carbocycles. The van der Waals surface area contributed by atoms with Crippen LogP contribution in [0.4, 0.5) is 0 Å². The molecule has 2 aromatic rings. The summed E-state index contributed by atoms with van der Waals surface area (Å²) >= 11 is 1.32. The molecular weight excluding hydrogens is 378 g/mol. The van der Waals surface area contributed by atoms with Crippen LogP contribution < -0.4 is 5.73 Å². The molecule has 28 heavy (non-hydrogen) atoms. The highest BCUT2D eigenvalue weighted by atomic mass is 32.2. The lowest BCUT2D eigenvalue weighted by Crippen LogP contribution is -2.40. The molecule has 0 bridgehead atoms. The number of primary amides is 1. The maximum absolute atomic E-state index is 12.7. The third-order valence-corrected chi connectivity index (χ3v) is 6.24. The first-order valence-corrected chi connectivity index (χ1v) is 10.6. The molecule has 0 spiro atoms. The summed E-state index contributed by atoms with van der Waals surface area (Å²) in [6.45, 7) is 2.61. The molecule has 0 saturated heterocycles. The fourth-order valence-electron chi connectivity index (χ4n) is 3.47. The highest BCUT2D eigenvalue weighted by molar-refractivity contribution is 7.99. The summed E-state index contributed by atoms with van der Waals surface area (Å²) in [4.78, 5) is 25.8. The molecule has 2 aromatic heterocycles. The molecular formula is C19H27N5O3S. The number of carbonyl (C=O) groups excluding carboxylic acids is 2. The molecule has 0 unspecified atom stereocenters. The van der Waals surface area contributed by atoms with E-state index in [9.17, 15) is 9.59 Å². The van der Waals surface area contributed by atoms with Gasteiger partial charge in [0.15, 0.2) is 16.7 Å². The molecule has 8 nitrogen and oxygen atoms in total. The Balaban J connectivity index is 1.66. The second-order valence-corrected chi connectivity index (χ2v) is 8.30. The molecule has 3 rings (SSSR count). The van der Waals surface area contributed by atoms with Crippen LogP contribution in [0.25, 0.3) is 11.6 Å². The molecule has 2 amide bonds. The number of aromatic nitrogens is 3. The van der Waals surface area contributed by atoms with Gasteiger partial charge in [-0.2, -0.15) is 0 Å². The number of furan rings is 1. The number of carbonyl (C=O) groups is 2. The van der Waals surface area contributed by atoms with Crippen LogP contribution in [0.2, 0.25) is 0 Å². The van der Waals surface area contributed by atoms with Gasteiger partial charge in [0.1, 0.15) is 0 Å². The Morgan fingerprint density at radius 1 is 1.32 bits per heavy atom. The summed E-state index contributed by atoms with van der Waals surface area (Å²) < 4.78 is 7.19. The number of rotatable bonds is 8. The average molecular weight is 406 g/mol. The monoisotopic (exact) mass is 405 g/mol. The number of thioether (sulfide) groups is 1. The fraction of sp³-hybridized carbons (Fsp3) is 0.579. The minimum absolute atomic E-state index is 0.0774. The third-order valence-electron chi connectivity index (χ3n) is 5.29. The van der Waals surface area contributed by atoms with Crippen molar-refractivity contribution in [2.24, 2.45) is 11.7 Å². The minimum Gasteiger partial charge on any atom is -0.461 e. The number of nitrogens with two attached hydrogens (primary N) is 1. The lowest BCUT2D eigenvalue weighted by atomic mass is 9.87. The number of nitrogens with zero attached hydrogens (tertiary/aromatic N) is 4. The van der Waals surface area contributed by atoms with E-state index in [1.807, 2.05) is 11.9 Å². The van der Waals surface area contributed by atoms with Crippen molar-refractivity contribution in [2.45, 2.75) is 56.8 Å². The summed E-state index contributed by atoms with van der Waals surface area (Å²) in [5.41, 5.74) is 5.30. The van der Waals surface area contributed by atoms with Crippen LogP contribution >= 0.6 is 11.8 Å². The third kappa shape index (κ3) is 4.95. The first kappa shape index (κ1) is 20.4. The van der Waals surface area contributed by atoms with Crippen molar-refractivity contribution in [3.8, 4) is 11.6 Å². The van der Waals surface area contributed by atoms with E-state index in [0.717, 1.165) is 18.8 Å². The molecule has 0 aliphatic heterocycles. The maximum Gasteiger partial charge on any atom is 0.233 e. The molecule has 2 heterocycles. The first-order chi connectivity index (χ1) is 13.5. The van der Waals surface area contributed by atoms with E-state index in [2.05, 4.69) is 17.1 Å². The van der Waals surface area contributed by atoms with E-state index in [1.165, 1.54) is 24.6 Å². The van der Waals surface area contributed by atoms with Crippen LogP contribution in [0.1, 0.15) is 39.0 Å². The Bertz CT molecular complexity index is 797. The molecule has 0 atom stereocenters. The zero-order valence-electron chi connectivity index (χ0n) is 16.3. The van der Waals surface area contributed by atoms with Crippen molar-refractivity contribution in [1.82, 2.24) is 19.7 Å². The van der Waals surface area contributed by atoms with Gasteiger partial charge < -0.3 is 15.1 Å². The van der Waals surface area contributed by atoms with Crippen LogP contribution in [-0.4, -0.2) is 50.3 Å². The Hall–Kier alpha value is -2.29. The van der Waals surface area contributed by atoms with E-state index in [-0.39, 0.29) is 18.1 Å². The largest absolute Gasteiger partial charge is 0.461 e. The topological polar surface area (TPSA) is 107 Å². The van der Waals surface area contributed by atoms with Crippen LogP contribution in [0.5, 0.6) is 0 Å². The zero-order valence-corrected chi connectivity index (χ0v) is 17.2. The van der Waals surface area contributed by atoms with Crippen molar-refractivity contribution in [3.63, 3.8) is 0 Å². The maximum atomic E-state index is 12.7. The highest BCUT2D eigenvalue weighted by Gasteiger charge is 2.25. The van der Waals surface area contributed by atoms with Gasteiger partial charge in [0.05, 0.1) is 12.0 Å². The Labute approximate surface area is 168 Å². The molecule has 2 N–H and O–H groups in total. The van der Waals surface area contributed by atoms with Gasteiger partial charge in [0.25, 0.3) is 0 Å². The Morgan fingerprint density at radius 2 is 2.07 bits per heavy atom. The van der Waals surface area contributed by atoms with E-state index in [4.69, 9.17) is 10.2 Å². The van der Waals surface area contributed by atoms with Crippen molar-refractivity contribution < 1.29 is 14.0 Å². The van der Waals surface area contributed by atoms with E-state index >= 15 is 0 Å². The first-order valence-electron chi connectivity index (χ1n) is 9.59. The smallest absolute Gasteiger partial charge is 0.233 e. The summed E-state index contributed by atoms with van der Waals surface area (Å²) in [5.74, 6) is 1.78. The fourth-order valence-corrected chi connectivity index (χ4v) is 4.36. The second-order valence-electron chi connectivity index (χ2n) is 7.36. The van der Waals surface area contributed by atoms with Gasteiger partial charge in [0.2, 0.25) is 11.8 Å². The van der Waals surface area contributed by atoms with Crippen LogP contribution in [-0.2, 0) is 16.1 Å². The number of hydrogen-bond donors (Lipinski definition) is 1. The van der Waals surface area contributed by atoms with E-state index in [1.54, 1.807) is 23.0 Å². The lowest BCUT2D eigenvalue weighted by Gasteiger charge is -2.33. The van der Waals surface area contributed by atoms with Gasteiger partial charge in [-0.15, -0.1) is 10.2 Å². The number of amides is 2. The second kappa shape index (κ2) is 9.27. The summed E-state index contributed by atoms with van der Waals surface area (Å²) in [7, 11) is 1.88. The van der Waals surface area contributed by atoms with E-state index < -0.39 is 5.91 Å². The van der Waals surface area contributed by atoms with Gasteiger partial charge in [0, 0.05) is 26.1 Å². The Morgan fingerprint density at radius 3 is 2.71 bits per heavy atom. The van der Waals surface area contributed by atoms with Crippen LogP contribution in [0, 0.1) is 5.92 Å². The standard InChI is InChI=1S/C19H27N5O3S/c1-13-5-7-14(8-6-13)23(2)17(26)12-28-19-22-21-18(15-4-3-11-27-15)24(19)10-9-16(20)25/h3-4,11,13-14H,5-10,12H2,1-2H3,(H2,20,25). The molecule has 152 valence electrons. The van der Waals surface area contributed by atoms with Gasteiger partial charge >= 0.3 is 0 Å². The molecule has 0 radical (unpaired) electrons. The average Bonchev–Trinajstić information content (AvgIpc) is 3.33. The lowest BCUT2D eigenvalue weighted by molar-refractivity contribution is -0.129. The molecule has 1 aliphatic carbocycles. The summed E-state index contributed by atoms with van der Waals surface area (Å²) in [5, 5.41) is 8.95. The van der Waals surface area contributed by atoms with Crippen molar-refractivity contribution >= 4 is 23.6 Å². The van der Waals surface area contributed by atoms with Crippen LogP contribution in [0.15, 0.2) is 28.0 Å². The van der Waals surface area contributed by atoms with Gasteiger partial charge in [-0.05, 0) is 43.7 Å². The number of hydrogen-bond acceptors (Lipinski definition) is 6. The van der Waals surface area contributed by atoms with Gasteiger partial charge in [-0.25, -0.2) is 0 Å². The van der Waals surface area contributed by atoms with E-state index in [0.29, 0.717) is 29.3 Å². The molecule has 9 heteroatoms. The van der Waals surface area contributed by atoms with Crippen molar-refractivity contribution in [3.05, 3.63) is 18.4 Å². The van der Waals surface area contributed by atoms with Gasteiger partial charge in [-0.3, -0.25) is 14.2 Å². The summed E-state index contributed by atoms with van der Waals surface area (Å²) in [6, 6.07) is 3.86. The quantitative estimate of drug-likeness (QED) is 0.676. The summed E-state index contributed by atoms with van der Waals surface area (Å²) in [6.07, 6.45) is 6.18. The minimum atomic E-state index is -0.405. The zero-order chi connectivity index (χ0) is 20.1. The predicted molar refractivity (Wildman–Crippen MR) is 106 cm³/mol. The van der Waals surface area contributed by atoms with Crippen LogP contribution in [0.3, 0.4) is 0 Å². The highest BCUT2D eigenvalue weighted by Crippen LogP contribution is 2.28.